The molecule has 0 heterocycles. The summed E-state index contributed by atoms with van der Waals surface area (Å²) < 4.78 is 5.12. The Morgan fingerprint density at radius 1 is 0.923 bits per heavy atom. The summed E-state index contributed by atoms with van der Waals surface area (Å²) in [6, 6.07) is 21.2. The molecule has 0 saturated carbocycles. The third kappa shape index (κ3) is 3.86. The smallest absolute Gasteiger partial charge is 0.160 e. The quantitative estimate of drug-likeness (QED) is 0.705. The van der Waals surface area contributed by atoms with Crippen LogP contribution in [0, 0.1) is 0 Å². The van der Waals surface area contributed by atoms with Crippen LogP contribution < -0.4 is 4.74 Å². The Morgan fingerprint density at radius 3 is 2.23 bits per heavy atom. The number of methoxy groups -OCH3 is 1. The highest BCUT2D eigenvalue weighted by Crippen LogP contribution is 2.30. The molecule has 0 aliphatic heterocycles. The van der Waals surface area contributed by atoms with Gasteiger partial charge in [0.1, 0.15) is 11.5 Å². The highest BCUT2D eigenvalue weighted by molar-refractivity contribution is 5.90. The molecule has 4 nitrogen and oxygen atoms in total. The molecule has 3 aromatic rings. The van der Waals surface area contributed by atoms with Crippen LogP contribution in [0.1, 0.15) is 22.6 Å². The van der Waals surface area contributed by atoms with Crippen molar-refractivity contribution in [3.63, 3.8) is 0 Å². The van der Waals surface area contributed by atoms with Gasteiger partial charge >= 0.3 is 0 Å². The molecule has 2 N–H and O–H groups in total. The van der Waals surface area contributed by atoms with Gasteiger partial charge in [0, 0.05) is 6.42 Å². The Bertz CT molecular complexity index is 886. The number of rotatable bonds is 6. The van der Waals surface area contributed by atoms with Crippen molar-refractivity contribution in [2.75, 3.05) is 7.11 Å². The summed E-state index contributed by atoms with van der Waals surface area (Å²) in [5.74, 6) is 0.139. The number of carbonyl (C=O) groups is 1. The second-order valence-corrected chi connectivity index (χ2v) is 6.08. The normalized spacial score (nSPS) is 11.7. The van der Waals surface area contributed by atoms with Crippen LogP contribution in [-0.4, -0.2) is 23.1 Å². The molecule has 0 radical (unpaired) electrons. The predicted octanol–water partition coefficient (Wildman–Crippen LogP) is 4.05. The van der Waals surface area contributed by atoms with E-state index in [2.05, 4.69) is 0 Å². The van der Waals surface area contributed by atoms with Gasteiger partial charge in [0.05, 0.1) is 13.0 Å². The van der Waals surface area contributed by atoms with E-state index < -0.39 is 5.92 Å². The zero-order valence-corrected chi connectivity index (χ0v) is 14.4. The number of phenols is 2. The first-order chi connectivity index (χ1) is 12.6. The molecular weight excluding hydrogens is 328 g/mol. The van der Waals surface area contributed by atoms with Gasteiger partial charge in [0.2, 0.25) is 0 Å². The van der Waals surface area contributed by atoms with Gasteiger partial charge in [-0.1, -0.05) is 48.5 Å². The molecule has 26 heavy (non-hydrogen) atoms. The van der Waals surface area contributed by atoms with Crippen LogP contribution in [0.5, 0.6) is 17.2 Å². The fourth-order valence-corrected chi connectivity index (χ4v) is 3.01. The number of ether oxygens (including phenoxy) is 1. The maximum absolute atomic E-state index is 13.1. The van der Waals surface area contributed by atoms with Crippen LogP contribution >= 0.6 is 0 Å². The molecule has 1 atom stereocenters. The summed E-state index contributed by atoms with van der Waals surface area (Å²) in [4.78, 5) is 13.1. The maximum Gasteiger partial charge on any atom is 0.160 e. The van der Waals surface area contributed by atoms with Crippen molar-refractivity contribution in [1.82, 2.24) is 0 Å². The Kier molecular flexibility index (Phi) is 5.23. The molecule has 0 aromatic heterocycles. The zero-order valence-electron chi connectivity index (χ0n) is 14.4. The number of benzene rings is 3. The number of aromatic hydroxyl groups is 2. The predicted molar refractivity (Wildman–Crippen MR) is 99.8 cm³/mol. The van der Waals surface area contributed by atoms with Crippen molar-refractivity contribution < 1.29 is 19.7 Å². The van der Waals surface area contributed by atoms with E-state index in [1.165, 1.54) is 13.2 Å². The topological polar surface area (TPSA) is 66.8 Å². The van der Waals surface area contributed by atoms with Crippen LogP contribution in [0.15, 0.2) is 72.8 Å². The third-order valence-electron chi connectivity index (χ3n) is 4.30. The summed E-state index contributed by atoms with van der Waals surface area (Å²) >= 11 is 0. The van der Waals surface area contributed by atoms with E-state index in [1.807, 2.05) is 30.3 Å². The van der Waals surface area contributed by atoms with Gasteiger partial charge in [-0.25, -0.2) is 0 Å². The molecule has 0 aliphatic rings. The minimum Gasteiger partial charge on any atom is -0.508 e. The third-order valence-corrected chi connectivity index (χ3v) is 4.30. The van der Waals surface area contributed by atoms with E-state index in [-0.39, 0.29) is 23.7 Å². The lowest BCUT2D eigenvalue weighted by molar-refractivity contribution is -0.119. The van der Waals surface area contributed by atoms with Crippen molar-refractivity contribution >= 4 is 5.78 Å². The number of Topliss-reactive ketones (excluding diaryl/α,β-unsaturated/α-hetero) is 1. The van der Waals surface area contributed by atoms with Gasteiger partial charge in [-0.2, -0.15) is 0 Å². The Labute approximate surface area is 152 Å². The van der Waals surface area contributed by atoms with Gasteiger partial charge in [0.15, 0.2) is 11.5 Å². The van der Waals surface area contributed by atoms with Gasteiger partial charge in [-0.3, -0.25) is 4.79 Å². The monoisotopic (exact) mass is 348 g/mol. The average Bonchev–Trinajstić information content (AvgIpc) is 2.66. The molecule has 3 aromatic carbocycles. The van der Waals surface area contributed by atoms with Crippen LogP contribution in [0.3, 0.4) is 0 Å². The van der Waals surface area contributed by atoms with E-state index in [9.17, 15) is 15.0 Å². The molecule has 1 unspecified atom stereocenters. The SMILES string of the molecule is COc1cc(CC(=O)C(c2ccccc2)c2ccc(O)cc2)ccc1O. The highest BCUT2D eigenvalue weighted by Gasteiger charge is 2.23. The first-order valence-corrected chi connectivity index (χ1v) is 8.31. The van der Waals surface area contributed by atoms with E-state index in [0.29, 0.717) is 5.75 Å². The average molecular weight is 348 g/mol. The molecule has 0 aliphatic carbocycles. The van der Waals surface area contributed by atoms with Crippen molar-refractivity contribution in [3.05, 3.63) is 89.5 Å². The standard InChI is InChI=1S/C22H20O4/c1-26-21-14-15(7-12-19(21)24)13-20(25)22(16-5-3-2-4-6-16)17-8-10-18(23)11-9-17/h2-12,14,22-24H,13H2,1H3. The van der Waals surface area contributed by atoms with Crippen LogP contribution in [0.2, 0.25) is 0 Å². The van der Waals surface area contributed by atoms with Crippen molar-refractivity contribution in [2.45, 2.75) is 12.3 Å². The summed E-state index contributed by atoms with van der Waals surface area (Å²) in [7, 11) is 1.48. The second kappa shape index (κ2) is 7.74. The van der Waals surface area contributed by atoms with Gasteiger partial charge < -0.3 is 14.9 Å². The van der Waals surface area contributed by atoms with Crippen LogP contribution in [0.25, 0.3) is 0 Å². The first kappa shape index (κ1) is 17.5. The number of hydrogen-bond donors (Lipinski definition) is 2. The minimum absolute atomic E-state index is 0.0228. The molecule has 0 fully saturated rings. The van der Waals surface area contributed by atoms with Crippen molar-refractivity contribution in [3.8, 4) is 17.2 Å². The Hall–Kier alpha value is -3.27. The van der Waals surface area contributed by atoms with Gasteiger partial charge in [-0.15, -0.1) is 0 Å². The summed E-state index contributed by atoms with van der Waals surface area (Å²) in [5.41, 5.74) is 2.49. The molecule has 0 amide bonds. The highest BCUT2D eigenvalue weighted by atomic mass is 16.5. The lowest BCUT2D eigenvalue weighted by Crippen LogP contribution is -2.16. The summed E-state index contributed by atoms with van der Waals surface area (Å²) in [6.45, 7) is 0. The second-order valence-electron chi connectivity index (χ2n) is 6.08. The molecule has 3 rings (SSSR count). The summed E-state index contributed by atoms with van der Waals surface area (Å²) in [5, 5.41) is 19.3. The number of hydrogen-bond acceptors (Lipinski definition) is 4. The lowest BCUT2D eigenvalue weighted by atomic mass is 9.85. The van der Waals surface area contributed by atoms with Gasteiger partial charge in [0.25, 0.3) is 0 Å². The van der Waals surface area contributed by atoms with Crippen molar-refractivity contribution in [2.24, 2.45) is 0 Å². The molecule has 132 valence electrons. The molecular formula is C22H20O4. The number of ketones is 1. The fourth-order valence-electron chi connectivity index (χ4n) is 3.01. The van der Waals surface area contributed by atoms with E-state index in [1.54, 1.807) is 36.4 Å². The fraction of sp³-hybridized carbons (Fsp3) is 0.136. The molecule has 0 saturated heterocycles. The number of phenolic OH excluding ortho intramolecular Hbond substituents is 2. The number of carbonyl (C=O) groups excluding carboxylic acids is 1. The maximum atomic E-state index is 13.1. The van der Waals surface area contributed by atoms with E-state index in [0.717, 1.165) is 16.7 Å². The first-order valence-electron chi connectivity index (χ1n) is 8.31. The van der Waals surface area contributed by atoms with Crippen LogP contribution in [0.4, 0.5) is 0 Å². The zero-order chi connectivity index (χ0) is 18.5. The molecule has 0 spiro atoms. The largest absolute Gasteiger partial charge is 0.508 e. The van der Waals surface area contributed by atoms with Crippen LogP contribution in [-0.2, 0) is 11.2 Å². The Morgan fingerprint density at radius 2 is 1.58 bits per heavy atom. The van der Waals surface area contributed by atoms with Gasteiger partial charge in [-0.05, 0) is 41.0 Å². The minimum atomic E-state index is -0.434. The van der Waals surface area contributed by atoms with Crippen molar-refractivity contribution in [1.29, 1.82) is 0 Å². The molecule has 0 bridgehead atoms. The molecule has 4 heteroatoms. The Balaban J connectivity index is 1.94. The summed E-state index contributed by atoms with van der Waals surface area (Å²) in [6.07, 6.45) is 0.205. The lowest BCUT2D eigenvalue weighted by Gasteiger charge is -2.17. The van der Waals surface area contributed by atoms with E-state index in [4.69, 9.17) is 4.74 Å². The van der Waals surface area contributed by atoms with E-state index >= 15 is 0 Å².